The molecule has 0 bridgehead atoms. The molecule has 0 aliphatic heterocycles. The third-order valence-corrected chi connectivity index (χ3v) is 13.0. The normalized spacial score (nSPS) is 11.6. The number of hydrogen-bond donors (Lipinski definition) is 0. The summed E-state index contributed by atoms with van der Waals surface area (Å²) in [6.45, 7) is 7.19. The van der Waals surface area contributed by atoms with E-state index in [0.29, 0.717) is 0 Å². The van der Waals surface area contributed by atoms with Gasteiger partial charge in [-0.25, -0.2) is 0 Å². The van der Waals surface area contributed by atoms with Gasteiger partial charge in [-0.05, 0) is 30.3 Å². The zero-order valence-electron chi connectivity index (χ0n) is 13.4. The van der Waals surface area contributed by atoms with Crippen molar-refractivity contribution in [3.63, 3.8) is 0 Å². The van der Waals surface area contributed by atoms with Crippen LogP contribution in [0.1, 0.15) is 26.3 Å². The van der Waals surface area contributed by atoms with E-state index in [4.69, 9.17) is 0 Å². The van der Waals surface area contributed by atoms with Gasteiger partial charge in [0.25, 0.3) is 0 Å². The highest BCUT2D eigenvalue weighted by Crippen LogP contribution is 2.24. The molecule has 112 valence electrons. The molecule has 0 spiro atoms. The monoisotopic (exact) mass is 409 g/mol. The molecule has 0 unspecified atom stereocenters. The van der Waals surface area contributed by atoms with Gasteiger partial charge in [0, 0.05) is 0 Å². The van der Waals surface area contributed by atoms with Gasteiger partial charge < -0.3 is 0 Å². The Morgan fingerprint density at radius 3 is 1.76 bits per heavy atom. The zero-order chi connectivity index (χ0) is 15.1. The first-order valence-corrected chi connectivity index (χ1v) is 13.0. The standard InChI is InChI=1S/C19H26ISi/c1-4-21(5-2,6-3)16-17-12-14-19(15-13-17)20-18-10-8-7-9-11-18/h7-15H,4-6,16H2,1-3H3/q+1. The van der Waals surface area contributed by atoms with Crippen molar-refractivity contribution in [1.29, 1.82) is 0 Å². The highest BCUT2D eigenvalue weighted by Gasteiger charge is 2.27. The second-order valence-corrected chi connectivity index (χ2v) is 14.3. The third kappa shape index (κ3) is 4.68. The maximum atomic E-state index is 2.40. The molecule has 0 atom stereocenters. The third-order valence-electron chi connectivity index (χ3n) is 4.69. The molecule has 0 aliphatic rings. The van der Waals surface area contributed by atoms with Crippen LogP contribution in [0.25, 0.3) is 0 Å². The Morgan fingerprint density at radius 1 is 0.714 bits per heavy atom. The van der Waals surface area contributed by atoms with E-state index in [-0.39, 0.29) is 21.2 Å². The van der Waals surface area contributed by atoms with Crippen LogP contribution in [-0.2, 0) is 6.04 Å². The van der Waals surface area contributed by atoms with Crippen LogP contribution in [0.15, 0.2) is 54.6 Å². The average molecular weight is 409 g/mol. The molecule has 0 saturated carbocycles. The lowest BCUT2D eigenvalue weighted by Gasteiger charge is -2.28. The lowest BCUT2D eigenvalue weighted by atomic mass is 10.2. The second-order valence-electron chi connectivity index (χ2n) is 5.75. The highest BCUT2D eigenvalue weighted by molar-refractivity contribution is 6.79. The van der Waals surface area contributed by atoms with Crippen molar-refractivity contribution in [2.75, 3.05) is 0 Å². The van der Waals surface area contributed by atoms with Crippen molar-refractivity contribution in [3.05, 3.63) is 67.3 Å². The average Bonchev–Trinajstić information content (AvgIpc) is 2.55. The van der Waals surface area contributed by atoms with Crippen LogP contribution in [0, 0.1) is 7.14 Å². The number of benzene rings is 2. The number of hydrogen-bond acceptors (Lipinski definition) is 0. The van der Waals surface area contributed by atoms with E-state index in [9.17, 15) is 0 Å². The van der Waals surface area contributed by atoms with Crippen molar-refractivity contribution in [3.8, 4) is 0 Å². The van der Waals surface area contributed by atoms with Gasteiger partial charge >= 0.3 is 21.2 Å². The molecular weight excluding hydrogens is 383 g/mol. The van der Waals surface area contributed by atoms with Crippen LogP contribution in [0.5, 0.6) is 0 Å². The van der Waals surface area contributed by atoms with Gasteiger partial charge in [0.2, 0.25) is 0 Å². The highest BCUT2D eigenvalue weighted by atomic mass is 127. The molecule has 0 aromatic heterocycles. The van der Waals surface area contributed by atoms with Gasteiger partial charge in [-0.3, -0.25) is 0 Å². The van der Waals surface area contributed by atoms with E-state index in [0.717, 1.165) is 0 Å². The van der Waals surface area contributed by atoms with Crippen LogP contribution in [-0.4, -0.2) is 8.07 Å². The predicted octanol–water partition coefficient (Wildman–Crippen LogP) is 2.41. The van der Waals surface area contributed by atoms with E-state index < -0.39 is 8.07 Å². The molecule has 2 aromatic rings. The molecule has 2 aromatic carbocycles. The van der Waals surface area contributed by atoms with Crippen LogP contribution in [0.3, 0.4) is 0 Å². The smallest absolute Gasteiger partial charge is 0.0678 e. The zero-order valence-corrected chi connectivity index (χ0v) is 16.6. The van der Waals surface area contributed by atoms with Crippen LogP contribution in [0.4, 0.5) is 0 Å². The number of halogens is 1. The molecule has 0 fully saturated rings. The van der Waals surface area contributed by atoms with Gasteiger partial charge in [-0.2, -0.15) is 0 Å². The first kappa shape index (κ1) is 16.8. The molecule has 0 amide bonds. The lowest BCUT2D eigenvalue weighted by molar-refractivity contribution is -0.597. The van der Waals surface area contributed by atoms with Gasteiger partial charge in [0.1, 0.15) is 0 Å². The van der Waals surface area contributed by atoms with Gasteiger partial charge in [0.05, 0.1) is 8.07 Å². The molecule has 0 N–H and O–H groups in total. The molecule has 21 heavy (non-hydrogen) atoms. The topological polar surface area (TPSA) is 0 Å². The Hall–Kier alpha value is -0.613. The molecule has 0 nitrogen and oxygen atoms in total. The lowest BCUT2D eigenvalue weighted by Crippen LogP contribution is -3.61. The maximum absolute atomic E-state index is 2.40. The Bertz CT molecular complexity index is 521. The maximum Gasteiger partial charge on any atom is 0.357 e. The minimum Gasteiger partial charge on any atom is -0.0678 e. The van der Waals surface area contributed by atoms with Crippen molar-refractivity contribution >= 4 is 8.07 Å². The summed E-state index contributed by atoms with van der Waals surface area (Å²) >= 11 is -0.0182. The summed E-state index contributed by atoms with van der Waals surface area (Å²) in [6, 6.07) is 26.0. The Morgan fingerprint density at radius 2 is 1.24 bits per heavy atom. The summed E-state index contributed by atoms with van der Waals surface area (Å²) in [6.07, 6.45) is 0. The largest absolute Gasteiger partial charge is 0.357 e. The fraction of sp³-hybridized carbons (Fsp3) is 0.368. The minimum atomic E-state index is -1.04. The SMILES string of the molecule is CC[Si](CC)(CC)Cc1ccc([I+]c2ccccc2)cc1. The Kier molecular flexibility index (Phi) is 6.49. The first-order valence-electron chi connectivity index (χ1n) is 8.00. The van der Waals surface area contributed by atoms with Crippen LogP contribution >= 0.6 is 0 Å². The van der Waals surface area contributed by atoms with Gasteiger partial charge in [-0.15, -0.1) is 0 Å². The van der Waals surface area contributed by atoms with E-state index in [2.05, 4.69) is 75.4 Å². The van der Waals surface area contributed by atoms with Crippen molar-refractivity contribution in [2.24, 2.45) is 0 Å². The summed E-state index contributed by atoms with van der Waals surface area (Å²) in [7, 11) is -1.04. The summed E-state index contributed by atoms with van der Waals surface area (Å²) in [5.41, 5.74) is 1.56. The summed E-state index contributed by atoms with van der Waals surface area (Å²) in [5.74, 6) is 0. The van der Waals surface area contributed by atoms with Crippen LogP contribution in [0.2, 0.25) is 18.1 Å². The predicted molar refractivity (Wildman–Crippen MR) is 91.2 cm³/mol. The van der Waals surface area contributed by atoms with Crippen LogP contribution < -0.4 is 21.2 Å². The summed E-state index contributed by atoms with van der Waals surface area (Å²) in [4.78, 5) is 0. The molecule has 2 heteroatoms. The van der Waals surface area contributed by atoms with E-state index >= 15 is 0 Å². The first-order chi connectivity index (χ1) is 10.2. The van der Waals surface area contributed by atoms with Gasteiger partial charge in [-0.1, -0.05) is 74.8 Å². The second kappa shape index (κ2) is 8.13. The summed E-state index contributed by atoms with van der Waals surface area (Å²) < 4.78 is 3.03. The number of rotatable bonds is 7. The van der Waals surface area contributed by atoms with Crippen molar-refractivity contribution in [1.82, 2.24) is 0 Å². The molecule has 2 rings (SSSR count). The fourth-order valence-electron chi connectivity index (χ4n) is 2.83. The van der Waals surface area contributed by atoms with Crippen molar-refractivity contribution in [2.45, 2.75) is 44.9 Å². The summed E-state index contributed by atoms with van der Waals surface area (Å²) in [5, 5.41) is 0. The Labute approximate surface area is 141 Å². The van der Waals surface area contributed by atoms with Gasteiger partial charge in [0.15, 0.2) is 7.14 Å². The van der Waals surface area contributed by atoms with E-state index in [1.165, 1.54) is 31.3 Å². The van der Waals surface area contributed by atoms with Crippen molar-refractivity contribution < 1.29 is 21.2 Å². The fourth-order valence-corrected chi connectivity index (χ4v) is 8.39. The molecule has 0 heterocycles. The molecule has 0 radical (unpaired) electrons. The molecule has 0 aliphatic carbocycles. The Balaban J connectivity index is 2.05. The molecular formula is C19H26ISi+. The minimum absolute atomic E-state index is 0.0182. The van der Waals surface area contributed by atoms with E-state index in [1.54, 1.807) is 5.56 Å². The molecule has 0 saturated heterocycles. The quantitative estimate of drug-likeness (QED) is 0.487. The van der Waals surface area contributed by atoms with E-state index in [1.807, 2.05) is 0 Å².